The van der Waals surface area contributed by atoms with E-state index in [-0.39, 0.29) is 0 Å². The van der Waals surface area contributed by atoms with Crippen LogP contribution in [-0.2, 0) is 4.74 Å². The Bertz CT molecular complexity index is 166. The fraction of sp³-hybridized carbons (Fsp3) is 1.00. The summed E-state index contributed by atoms with van der Waals surface area (Å²) in [5.41, 5.74) is 0. The second-order valence-electron chi connectivity index (χ2n) is 4.84. The first-order valence-corrected chi connectivity index (χ1v) is 7.02. The molecule has 1 saturated heterocycles. The van der Waals surface area contributed by atoms with Crippen molar-refractivity contribution in [1.29, 1.82) is 0 Å². The minimum absolute atomic E-state index is 0.608. The molecule has 2 fully saturated rings. The van der Waals surface area contributed by atoms with Crippen molar-refractivity contribution >= 4 is 15.9 Å². The Balaban J connectivity index is 1.54. The van der Waals surface area contributed by atoms with Crippen LogP contribution in [0.4, 0.5) is 0 Å². The third-order valence-corrected chi connectivity index (χ3v) is 4.47. The molecule has 0 radical (unpaired) electrons. The van der Waals surface area contributed by atoms with Crippen LogP contribution in [0.3, 0.4) is 0 Å². The molecule has 0 N–H and O–H groups in total. The average Bonchev–Trinajstić information content (AvgIpc) is 2.77. The van der Waals surface area contributed by atoms with Gasteiger partial charge in [0.15, 0.2) is 0 Å². The summed E-state index contributed by atoms with van der Waals surface area (Å²) in [6, 6.07) is 0. The second kappa shape index (κ2) is 5.50. The second-order valence-corrected chi connectivity index (χ2v) is 6.14. The monoisotopic (exact) mass is 260 g/mol. The highest BCUT2D eigenvalue weighted by Crippen LogP contribution is 2.34. The SMILES string of the molecule is BrC1CCC(CCCC2CCCO2)C1. The number of hydrogen-bond donors (Lipinski definition) is 0. The van der Waals surface area contributed by atoms with Crippen molar-refractivity contribution in [1.82, 2.24) is 0 Å². The van der Waals surface area contributed by atoms with Gasteiger partial charge < -0.3 is 4.74 Å². The molecule has 0 spiro atoms. The Morgan fingerprint density at radius 2 is 2.07 bits per heavy atom. The van der Waals surface area contributed by atoms with Crippen molar-refractivity contribution in [3.63, 3.8) is 0 Å². The van der Waals surface area contributed by atoms with Gasteiger partial charge in [0.2, 0.25) is 0 Å². The lowest BCUT2D eigenvalue weighted by Crippen LogP contribution is -2.05. The normalized spacial score (nSPS) is 37.9. The van der Waals surface area contributed by atoms with Gasteiger partial charge in [-0.25, -0.2) is 0 Å². The lowest BCUT2D eigenvalue weighted by Gasteiger charge is -2.12. The fourth-order valence-electron chi connectivity index (χ4n) is 2.78. The minimum Gasteiger partial charge on any atom is -0.378 e. The molecule has 82 valence electrons. The Morgan fingerprint density at radius 1 is 1.14 bits per heavy atom. The first-order chi connectivity index (χ1) is 6.84. The lowest BCUT2D eigenvalue weighted by atomic mass is 9.99. The zero-order valence-corrected chi connectivity index (χ0v) is 10.5. The van der Waals surface area contributed by atoms with Crippen molar-refractivity contribution in [2.75, 3.05) is 6.61 Å². The summed E-state index contributed by atoms with van der Waals surface area (Å²) in [6.45, 7) is 1.01. The summed E-state index contributed by atoms with van der Waals surface area (Å²) in [7, 11) is 0. The van der Waals surface area contributed by atoms with Gasteiger partial charge in [0.25, 0.3) is 0 Å². The molecule has 1 saturated carbocycles. The first-order valence-electron chi connectivity index (χ1n) is 6.10. The minimum atomic E-state index is 0.608. The van der Waals surface area contributed by atoms with Crippen LogP contribution in [0.1, 0.15) is 51.4 Å². The Kier molecular flexibility index (Phi) is 4.30. The standard InChI is InChI=1S/C12H21BrO/c13-11-7-6-10(9-11)3-1-4-12-5-2-8-14-12/h10-12H,1-9H2. The third-order valence-electron chi connectivity index (χ3n) is 3.64. The number of alkyl halides is 1. The van der Waals surface area contributed by atoms with Gasteiger partial charge in [-0.05, 0) is 44.4 Å². The molecule has 0 aromatic rings. The van der Waals surface area contributed by atoms with E-state index < -0.39 is 0 Å². The molecule has 1 aliphatic heterocycles. The van der Waals surface area contributed by atoms with Crippen LogP contribution >= 0.6 is 15.9 Å². The van der Waals surface area contributed by atoms with Gasteiger partial charge in [0.05, 0.1) is 6.10 Å². The molecule has 2 heteroatoms. The molecule has 2 aliphatic rings. The van der Waals surface area contributed by atoms with E-state index in [1.807, 2.05) is 0 Å². The van der Waals surface area contributed by atoms with Gasteiger partial charge >= 0.3 is 0 Å². The van der Waals surface area contributed by atoms with E-state index in [1.54, 1.807) is 0 Å². The molecule has 0 aromatic heterocycles. The van der Waals surface area contributed by atoms with Gasteiger partial charge in [-0.15, -0.1) is 0 Å². The molecule has 0 amide bonds. The highest BCUT2D eigenvalue weighted by Gasteiger charge is 2.22. The highest BCUT2D eigenvalue weighted by molar-refractivity contribution is 9.09. The highest BCUT2D eigenvalue weighted by atomic mass is 79.9. The van der Waals surface area contributed by atoms with Crippen LogP contribution in [0, 0.1) is 5.92 Å². The van der Waals surface area contributed by atoms with Crippen LogP contribution in [0.5, 0.6) is 0 Å². The molecule has 0 bridgehead atoms. The third kappa shape index (κ3) is 3.23. The van der Waals surface area contributed by atoms with Gasteiger partial charge in [-0.2, -0.15) is 0 Å². The van der Waals surface area contributed by atoms with E-state index in [0.717, 1.165) is 17.4 Å². The predicted octanol–water partition coefficient (Wildman–Crippen LogP) is 3.90. The zero-order valence-electron chi connectivity index (χ0n) is 8.88. The van der Waals surface area contributed by atoms with Gasteiger partial charge in [0, 0.05) is 11.4 Å². The average molecular weight is 261 g/mol. The molecular formula is C12H21BrO. The smallest absolute Gasteiger partial charge is 0.0576 e. The maximum atomic E-state index is 5.63. The molecule has 2 rings (SSSR count). The maximum absolute atomic E-state index is 5.63. The van der Waals surface area contributed by atoms with E-state index in [1.165, 1.54) is 51.4 Å². The van der Waals surface area contributed by atoms with Crippen LogP contribution < -0.4 is 0 Å². The number of ether oxygens (including phenoxy) is 1. The van der Waals surface area contributed by atoms with E-state index in [9.17, 15) is 0 Å². The molecule has 1 nitrogen and oxygen atoms in total. The van der Waals surface area contributed by atoms with Crippen LogP contribution in [0.2, 0.25) is 0 Å². The van der Waals surface area contributed by atoms with Gasteiger partial charge in [-0.3, -0.25) is 0 Å². The summed E-state index contributed by atoms with van der Waals surface area (Å²) >= 11 is 3.71. The Labute approximate surface area is 95.7 Å². The van der Waals surface area contributed by atoms with Crippen LogP contribution in [0.25, 0.3) is 0 Å². The summed E-state index contributed by atoms with van der Waals surface area (Å²) in [5.74, 6) is 1.00. The summed E-state index contributed by atoms with van der Waals surface area (Å²) in [6.07, 6.45) is 11.6. The van der Waals surface area contributed by atoms with Crippen LogP contribution in [-0.4, -0.2) is 17.5 Å². The predicted molar refractivity (Wildman–Crippen MR) is 62.9 cm³/mol. The summed E-state index contributed by atoms with van der Waals surface area (Å²) < 4.78 is 5.63. The maximum Gasteiger partial charge on any atom is 0.0576 e. The first kappa shape index (κ1) is 10.9. The number of hydrogen-bond acceptors (Lipinski definition) is 1. The molecule has 3 unspecified atom stereocenters. The number of rotatable bonds is 4. The molecule has 1 heterocycles. The Hall–Kier alpha value is 0.440. The molecule has 14 heavy (non-hydrogen) atoms. The number of halogens is 1. The van der Waals surface area contributed by atoms with Gasteiger partial charge in [-0.1, -0.05) is 28.8 Å². The van der Waals surface area contributed by atoms with E-state index in [4.69, 9.17) is 4.74 Å². The van der Waals surface area contributed by atoms with Crippen molar-refractivity contribution in [2.45, 2.75) is 62.3 Å². The van der Waals surface area contributed by atoms with Gasteiger partial charge in [0.1, 0.15) is 0 Å². The summed E-state index contributed by atoms with van der Waals surface area (Å²) in [4.78, 5) is 0.815. The van der Waals surface area contributed by atoms with Crippen molar-refractivity contribution in [3.8, 4) is 0 Å². The fourth-order valence-corrected chi connectivity index (χ4v) is 3.58. The molecule has 3 atom stereocenters. The lowest BCUT2D eigenvalue weighted by molar-refractivity contribution is 0.101. The summed E-state index contributed by atoms with van der Waals surface area (Å²) in [5, 5.41) is 0. The van der Waals surface area contributed by atoms with Crippen molar-refractivity contribution in [3.05, 3.63) is 0 Å². The van der Waals surface area contributed by atoms with Crippen molar-refractivity contribution < 1.29 is 4.74 Å². The molecule has 0 aromatic carbocycles. The van der Waals surface area contributed by atoms with E-state index in [2.05, 4.69) is 15.9 Å². The molecular weight excluding hydrogens is 240 g/mol. The van der Waals surface area contributed by atoms with E-state index >= 15 is 0 Å². The quantitative estimate of drug-likeness (QED) is 0.697. The largest absolute Gasteiger partial charge is 0.378 e. The van der Waals surface area contributed by atoms with Crippen molar-refractivity contribution in [2.24, 2.45) is 5.92 Å². The van der Waals surface area contributed by atoms with E-state index in [0.29, 0.717) is 6.10 Å². The molecule has 1 aliphatic carbocycles. The van der Waals surface area contributed by atoms with Crippen LogP contribution in [0.15, 0.2) is 0 Å². The zero-order chi connectivity index (χ0) is 9.80. The Morgan fingerprint density at radius 3 is 2.71 bits per heavy atom. The topological polar surface area (TPSA) is 9.23 Å².